The van der Waals surface area contributed by atoms with Gasteiger partial charge in [-0.3, -0.25) is 9.11 Å². The second kappa shape index (κ2) is 14.9. The van der Waals surface area contributed by atoms with Crippen molar-refractivity contribution in [1.82, 2.24) is 0 Å². The van der Waals surface area contributed by atoms with Crippen LogP contribution in [-0.2, 0) is 20.2 Å². The molecule has 0 bridgehead atoms. The van der Waals surface area contributed by atoms with Gasteiger partial charge in [0.25, 0.3) is 20.2 Å². The molecule has 0 saturated carbocycles. The molecule has 0 radical (unpaired) electrons. The van der Waals surface area contributed by atoms with E-state index in [2.05, 4.69) is 31.9 Å². The van der Waals surface area contributed by atoms with Crippen molar-refractivity contribution >= 4 is 76.4 Å². The lowest BCUT2D eigenvalue weighted by molar-refractivity contribution is 0.316. The Morgan fingerprint density at radius 2 is 0.950 bits per heavy atom. The summed E-state index contributed by atoms with van der Waals surface area (Å²) in [4.78, 5) is 0. The van der Waals surface area contributed by atoms with Crippen molar-refractivity contribution in [3.05, 3.63) is 91.9 Å². The van der Waals surface area contributed by atoms with Crippen LogP contribution in [0.15, 0.2) is 69.6 Å². The minimum absolute atomic E-state index is 0.193. The van der Waals surface area contributed by atoms with Crippen LogP contribution in [0.5, 0.6) is 11.5 Å². The van der Waals surface area contributed by atoms with Gasteiger partial charge in [0, 0.05) is 8.95 Å². The number of benzene rings is 3. The zero-order valence-electron chi connectivity index (χ0n) is 21.2. The predicted molar refractivity (Wildman–Crippen MR) is 166 cm³/mol. The first-order valence-corrected chi connectivity index (χ1v) is 16.9. The first-order valence-electron chi connectivity index (χ1n) is 12.1. The van der Waals surface area contributed by atoms with Crippen LogP contribution in [0.25, 0.3) is 24.3 Å². The van der Waals surface area contributed by atoms with Gasteiger partial charge in [0.1, 0.15) is 11.5 Å². The molecule has 3 rings (SSSR count). The lowest BCUT2D eigenvalue weighted by atomic mass is 10.1. The molecule has 2 N–H and O–H groups in total. The Bertz CT molecular complexity index is 1430. The molecule has 3 aromatic rings. The molecule has 0 spiro atoms. The maximum Gasteiger partial charge on any atom is 0.264 e. The summed E-state index contributed by atoms with van der Waals surface area (Å²) in [7, 11) is -7.95. The van der Waals surface area contributed by atoms with Gasteiger partial charge in [-0.05, 0) is 71.5 Å². The lowest BCUT2D eigenvalue weighted by Crippen LogP contribution is -2.08. The van der Waals surface area contributed by atoms with Gasteiger partial charge >= 0.3 is 0 Å². The van der Waals surface area contributed by atoms with Gasteiger partial charge in [-0.1, -0.05) is 80.4 Å². The topological polar surface area (TPSA) is 127 Å². The van der Waals surface area contributed by atoms with E-state index >= 15 is 0 Å². The zero-order chi connectivity index (χ0) is 29.2. The van der Waals surface area contributed by atoms with Crippen LogP contribution in [0.1, 0.15) is 35.1 Å². The number of hydrogen-bond acceptors (Lipinski definition) is 6. The first kappa shape index (κ1) is 32.0. The summed E-state index contributed by atoms with van der Waals surface area (Å²) in [6, 6.07) is 18.8. The third-order valence-corrected chi connectivity index (χ3v) is 8.40. The molecule has 0 fully saturated rings. The van der Waals surface area contributed by atoms with Crippen LogP contribution >= 0.6 is 31.9 Å². The van der Waals surface area contributed by atoms with Crippen LogP contribution in [-0.4, -0.2) is 50.7 Å². The Morgan fingerprint density at radius 3 is 1.27 bits per heavy atom. The van der Waals surface area contributed by atoms with Crippen molar-refractivity contribution in [3.63, 3.8) is 0 Å². The molecule has 0 aliphatic carbocycles. The average molecular weight is 716 g/mol. The van der Waals surface area contributed by atoms with E-state index in [0.29, 0.717) is 11.5 Å². The van der Waals surface area contributed by atoms with E-state index in [-0.39, 0.29) is 37.6 Å². The molecule has 0 heterocycles. The van der Waals surface area contributed by atoms with Gasteiger partial charge in [0.15, 0.2) is 0 Å². The van der Waals surface area contributed by atoms with Crippen molar-refractivity contribution in [2.24, 2.45) is 0 Å². The Hall–Kier alpha value is -2.48. The largest absolute Gasteiger partial charge is 0.494 e. The summed E-state index contributed by atoms with van der Waals surface area (Å²) in [6.45, 7) is 0.386. The fourth-order valence-corrected chi connectivity index (χ4v) is 5.37. The van der Waals surface area contributed by atoms with Crippen LogP contribution < -0.4 is 9.47 Å². The fourth-order valence-electron chi connectivity index (χ4n) is 3.42. The zero-order valence-corrected chi connectivity index (χ0v) is 26.0. The smallest absolute Gasteiger partial charge is 0.264 e. The maximum absolute atomic E-state index is 10.8. The van der Waals surface area contributed by atoms with Crippen LogP contribution in [0.3, 0.4) is 0 Å². The normalized spacial score (nSPS) is 12.3. The van der Waals surface area contributed by atoms with Gasteiger partial charge in [-0.2, -0.15) is 16.8 Å². The second-order valence-corrected chi connectivity index (χ2v) is 13.5. The monoisotopic (exact) mass is 714 g/mol. The Labute approximate surface area is 251 Å². The minimum Gasteiger partial charge on any atom is -0.494 e. The minimum atomic E-state index is -3.98. The molecule has 0 aliphatic rings. The van der Waals surface area contributed by atoms with Crippen molar-refractivity contribution in [2.45, 2.75) is 12.8 Å². The van der Waals surface area contributed by atoms with Crippen molar-refractivity contribution in [2.75, 3.05) is 24.7 Å². The van der Waals surface area contributed by atoms with Crippen LogP contribution in [0, 0.1) is 0 Å². The van der Waals surface area contributed by atoms with E-state index in [1.165, 1.54) is 0 Å². The third kappa shape index (κ3) is 11.9. The fraction of sp³-hybridized carbons (Fsp3) is 0.214. The van der Waals surface area contributed by atoms with Crippen molar-refractivity contribution < 1.29 is 35.4 Å². The van der Waals surface area contributed by atoms with Gasteiger partial charge in [0.2, 0.25) is 0 Å². The summed E-state index contributed by atoms with van der Waals surface area (Å²) in [5, 5.41) is 0. The average Bonchev–Trinajstić information content (AvgIpc) is 2.89. The summed E-state index contributed by atoms with van der Waals surface area (Å²) < 4.78 is 73.4. The summed E-state index contributed by atoms with van der Waals surface area (Å²) in [5.41, 5.74) is 3.88. The Balaban J connectivity index is 1.55. The molecule has 40 heavy (non-hydrogen) atoms. The summed E-state index contributed by atoms with van der Waals surface area (Å²) in [6.07, 6.45) is 8.32. The molecule has 3 aromatic carbocycles. The van der Waals surface area contributed by atoms with Crippen LogP contribution in [0.4, 0.5) is 0 Å². The highest BCUT2D eigenvalue weighted by Crippen LogP contribution is 2.29. The standard InChI is InChI=1S/C28H28Br2O8S2/c29-27-20-24(10-4-22-7-13-26(14-8-22)38-16-2-18-40(34,35)36)28(30)19-23(27)9-3-21-5-11-25(12-6-21)37-15-1-17-39(31,32)33/h3-14,19-20H,1-2,15-18H2,(H,31,32,33)(H,34,35,36)/b9-3+,10-4+. The molecule has 12 heteroatoms. The molecule has 214 valence electrons. The van der Waals surface area contributed by atoms with Gasteiger partial charge in [-0.25, -0.2) is 0 Å². The SMILES string of the molecule is O=S(=O)(O)CCCOc1ccc(/C=C/c2cc(Br)c(/C=C/c3ccc(OCCCS(=O)(=O)O)cc3)cc2Br)cc1. The molecule has 0 aliphatic heterocycles. The van der Waals surface area contributed by atoms with Gasteiger partial charge in [-0.15, -0.1) is 0 Å². The highest BCUT2D eigenvalue weighted by molar-refractivity contribution is 9.11. The van der Waals surface area contributed by atoms with E-state index in [1.54, 1.807) is 24.3 Å². The third-order valence-electron chi connectivity index (χ3n) is 5.42. The molecule has 8 nitrogen and oxygen atoms in total. The molecule has 0 atom stereocenters. The Kier molecular flexibility index (Phi) is 12.0. The summed E-state index contributed by atoms with van der Waals surface area (Å²) in [5.74, 6) is 0.568. The molecular formula is C28H28Br2O8S2. The molecule has 0 unspecified atom stereocenters. The highest BCUT2D eigenvalue weighted by Gasteiger charge is 2.06. The predicted octanol–water partition coefficient (Wildman–Crippen LogP) is 6.87. The van der Waals surface area contributed by atoms with E-state index in [0.717, 1.165) is 31.2 Å². The van der Waals surface area contributed by atoms with E-state index in [4.69, 9.17) is 18.6 Å². The highest BCUT2D eigenvalue weighted by atomic mass is 79.9. The quantitative estimate of drug-likeness (QED) is 0.105. The van der Waals surface area contributed by atoms with Crippen molar-refractivity contribution in [3.8, 4) is 11.5 Å². The molecule has 0 aromatic heterocycles. The number of ether oxygens (including phenoxy) is 2. The first-order chi connectivity index (χ1) is 18.9. The molecular weight excluding hydrogens is 688 g/mol. The van der Waals surface area contributed by atoms with Crippen molar-refractivity contribution in [1.29, 1.82) is 0 Å². The van der Waals surface area contributed by atoms with E-state index < -0.39 is 20.2 Å². The van der Waals surface area contributed by atoms with Gasteiger partial charge < -0.3 is 9.47 Å². The molecule has 0 amide bonds. The maximum atomic E-state index is 10.8. The van der Waals surface area contributed by atoms with E-state index in [9.17, 15) is 16.8 Å². The van der Waals surface area contributed by atoms with Crippen LogP contribution in [0.2, 0.25) is 0 Å². The summed E-state index contributed by atoms with van der Waals surface area (Å²) >= 11 is 7.27. The lowest BCUT2D eigenvalue weighted by Gasteiger charge is -2.07. The van der Waals surface area contributed by atoms with E-state index in [1.807, 2.05) is 60.7 Å². The number of hydrogen-bond donors (Lipinski definition) is 2. The Morgan fingerprint density at radius 1 is 0.600 bits per heavy atom. The van der Waals surface area contributed by atoms with Gasteiger partial charge in [0.05, 0.1) is 24.7 Å². The second-order valence-electron chi connectivity index (χ2n) is 8.68. The number of rotatable bonds is 14. The molecule has 0 saturated heterocycles. The number of halogens is 2.